The van der Waals surface area contributed by atoms with E-state index in [2.05, 4.69) is 49.1 Å². The van der Waals surface area contributed by atoms with Gasteiger partial charge in [-0.3, -0.25) is 5.84 Å². The van der Waals surface area contributed by atoms with E-state index in [-0.39, 0.29) is 11.5 Å². The lowest BCUT2D eigenvalue weighted by molar-refractivity contribution is 0.214. The van der Waals surface area contributed by atoms with Crippen LogP contribution in [0.25, 0.3) is 0 Å². The van der Waals surface area contributed by atoms with Crippen LogP contribution in [0.4, 0.5) is 0 Å². The minimum absolute atomic E-state index is 0.0543. The second kappa shape index (κ2) is 5.34. The molecule has 3 nitrogen and oxygen atoms in total. The topological polar surface area (TPSA) is 51.2 Å². The Bertz CT molecular complexity index is 330. The fourth-order valence-electron chi connectivity index (χ4n) is 1.51. The normalized spacial score (nSPS) is 16.1. The van der Waals surface area contributed by atoms with Crippen LogP contribution in [0.2, 0.25) is 0 Å². The van der Waals surface area contributed by atoms with Gasteiger partial charge >= 0.3 is 0 Å². The van der Waals surface area contributed by atoms with E-state index in [0.29, 0.717) is 5.92 Å². The Balaban J connectivity index is 2.74. The number of nitrogens with two attached hydrogens (primary N) is 1. The van der Waals surface area contributed by atoms with Gasteiger partial charge in [0.1, 0.15) is 5.76 Å². The maximum atomic E-state index is 5.59. The summed E-state index contributed by atoms with van der Waals surface area (Å²) in [5.41, 5.74) is 3.10. The molecule has 0 spiro atoms. The average Bonchev–Trinajstić information content (AvgIpc) is 2.59. The highest BCUT2D eigenvalue weighted by atomic mass is 79.9. The molecule has 0 aliphatic heterocycles. The molecule has 0 aromatic carbocycles. The van der Waals surface area contributed by atoms with E-state index < -0.39 is 0 Å². The monoisotopic (exact) mass is 288 g/mol. The van der Waals surface area contributed by atoms with Gasteiger partial charge in [-0.25, -0.2) is 5.43 Å². The molecule has 0 radical (unpaired) electrons. The lowest BCUT2D eigenvalue weighted by Crippen LogP contribution is -2.31. The molecular weight excluding hydrogens is 268 g/mol. The van der Waals surface area contributed by atoms with E-state index >= 15 is 0 Å². The Morgan fingerprint density at radius 3 is 2.50 bits per heavy atom. The first-order valence-corrected chi connectivity index (χ1v) is 6.34. The van der Waals surface area contributed by atoms with E-state index in [1.165, 1.54) is 0 Å². The zero-order valence-electron chi connectivity index (χ0n) is 10.4. The molecule has 1 aromatic rings. The lowest BCUT2D eigenvalue weighted by Gasteiger charge is -2.30. The Morgan fingerprint density at radius 1 is 1.50 bits per heavy atom. The van der Waals surface area contributed by atoms with E-state index in [0.717, 1.165) is 16.7 Å². The van der Waals surface area contributed by atoms with E-state index in [1.54, 1.807) is 6.26 Å². The molecule has 3 N–H and O–H groups in total. The molecule has 0 amide bonds. The van der Waals surface area contributed by atoms with Crippen molar-refractivity contribution in [1.29, 1.82) is 0 Å². The molecule has 2 unspecified atom stereocenters. The van der Waals surface area contributed by atoms with Crippen molar-refractivity contribution in [2.45, 2.75) is 40.2 Å². The van der Waals surface area contributed by atoms with Crippen molar-refractivity contribution >= 4 is 15.9 Å². The summed E-state index contributed by atoms with van der Waals surface area (Å²) in [6.07, 6.45) is 2.62. The minimum Gasteiger partial charge on any atom is -0.466 e. The van der Waals surface area contributed by atoms with Crippen molar-refractivity contribution in [2.75, 3.05) is 0 Å². The van der Waals surface area contributed by atoms with Crippen molar-refractivity contribution in [3.05, 3.63) is 22.6 Å². The molecule has 16 heavy (non-hydrogen) atoms. The van der Waals surface area contributed by atoms with E-state index in [9.17, 15) is 0 Å². The summed E-state index contributed by atoms with van der Waals surface area (Å²) in [7, 11) is 0. The molecule has 0 aliphatic carbocycles. The van der Waals surface area contributed by atoms with Gasteiger partial charge in [0.05, 0.1) is 16.8 Å². The number of hydrogen-bond acceptors (Lipinski definition) is 3. The number of furan rings is 1. The standard InChI is InChI=1S/C12H21BrN2O/c1-8(12(2,3)4)7-10(15-14)11-9(13)5-6-16-11/h5-6,8,10,15H,7,14H2,1-4H3. The van der Waals surface area contributed by atoms with Crippen LogP contribution in [0.3, 0.4) is 0 Å². The fourth-order valence-corrected chi connectivity index (χ4v) is 1.99. The van der Waals surface area contributed by atoms with Gasteiger partial charge in [-0.15, -0.1) is 0 Å². The summed E-state index contributed by atoms with van der Waals surface area (Å²) in [6, 6.07) is 1.94. The van der Waals surface area contributed by atoms with Gasteiger partial charge in [0, 0.05) is 0 Å². The summed E-state index contributed by atoms with van der Waals surface area (Å²) in [5, 5.41) is 0. The number of nitrogens with one attached hydrogen (secondary N) is 1. The highest BCUT2D eigenvalue weighted by molar-refractivity contribution is 9.10. The number of halogens is 1. The summed E-state index contributed by atoms with van der Waals surface area (Å²) in [6.45, 7) is 8.95. The summed E-state index contributed by atoms with van der Waals surface area (Å²) < 4.78 is 6.41. The second-order valence-electron chi connectivity index (χ2n) is 5.35. The van der Waals surface area contributed by atoms with Crippen LogP contribution in [-0.4, -0.2) is 0 Å². The fraction of sp³-hybridized carbons (Fsp3) is 0.667. The molecular formula is C12H21BrN2O. The predicted molar refractivity (Wildman–Crippen MR) is 69.7 cm³/mol. The van der Waals surface area contributed by atoms with Crippen LogP contribution >= 0.6 is 15.9 Å². The summed E-state index contributed by atoms with van der Waals surface area (Å²) >= 11 is 3.46. The van der Waals surface area contributed by atoms with Gasteiger partial charge in [0.2, 0.25) is 0 Å². The number of hydrazine groups is 1. The average molecular weight is 289 g/mol. The molecule has 2 atom stereocenters. The van der Waals surface area contributed by atoms with Crippen molar-refractivity contribution in [3.63, 3.8) is 0 Å². The zero-order valence-corrected chi connectivity index (χ0v) is 12.0. The Hall–Kier alpha value is -0.320. The summed E-state index contributed by atoms with van der Waals surface area (Å²) in [5.74, 6) is 7.01. The third-order valence-corrected chi connectivity index (χ3v) is 3.89. The van der Waals surface area contributed by atoms with Crippen LogP contribution < -0.4 is 11.3 Å². The van der Waals surface area contributed by atoms with Crippen LogP contribution in [-0.2, 0) is 0 Å². The van der Waals surface area contributed by atoms with Gasteiger partial charge in [-0.1, -0.05) is 27.7 Å². The predicted octanol–water partition coefficient (Wildman–Crippen LogP) is 3.62. The van der Waals surface area contributed by atoms with Crippen molar-refractivity contribution < 1.29 is 4.42 Å². The number of hydrogen-bond donors (Lipinski definition) is 2. The van der Waals surface area contributed by atoms with Gasteiger partial charge in [-0.05, 0) is 39.8 Å². The molecule has 4 heteroatoms. The molecule has 92 valence electrons. The van der Waals surface area contributed by atoms with Gasteiger partial charge in [-0.2, -0.15) is 0 Å². The van der Waals surface area contributed by atoms with E-state index in [1.807, 2.05) is 6.07 Å². The third kappa shape index (κ3) is 3.34. The third-order valence-electron chi connectivity index (χ3n) is 3.23. The molecule has 0 bridgehead atoms. The maximum absolute atomic E-state index is 5.59. The maximum Gasteiger partial charge on any atom is 0.136 e. The van der Waals surface area contributed by atoms with E-state index in [4.69, 9.17) is 10.3 Å². The highest BCUT2D eigenvalue weighted by Crippen LogP contribution is 2.35. The zero-order chi connectivity index (χ0) is 12.3. The molecule has 1 aromatic heterocycles. The first-order chi connectivity index (χ1) is 7.36. The number of rotatable bonds is 4. The largest absolute Gasteiger partial charge is 0.466 e. The first-order valence-electron chi connectivity index (χ1n) is 5.55. The second-order valence-corrected chi connectivity index (χ2v) is 6.21. The van der Waals surface area contributed by atoms with Crippen molar-refractivity contribution in [2.24, 2.45) is 17.2 Å². The van der Waals surface area contributed by atoms with Gasteiger partial charge in [0.25, 0.3) is 0 Å². The molecule has 0 saturated carbocycles. The highest BCUT2D eigenvalue weighted by Gasteiger charge is 2.26. The van der Waals surface area contributed by atoms with Crippen LogP contribution in [0.5, 0.6) is 0 Å². The first kappa shape index (κ1) is 13.7. The molecule has 0 fully saturated rings. The Kier molecular flexibility index (Phi) is 4.59. The van der Waals surface area contributed by atoms with Gasteiger partial charge < -0.3 is 4.42 Å². The van der Waals surface area contributed by atoms with Crippen LogP contribution in [0.1, 0.15) is 45.9 Å². The van der Waals surface area contributed by atoms with Crippen molar-refractivity contribution in [3.8, 4) is 0 Å². The smallest absolute Gasteiger partial charge is 0.136 e. The minimum atomic E-state index is 0.0543. The Morgan fingerprint density at radius 2 is 2.12 bits per heavy atom. The molecule has 1 heterocycles. The lowest BCUT2D eigenvalue weighted by atomic mass is 9.78. The quantitative estimate of drug-likeness (QED) is 0.657. The molecule has 0 aliphatic rings. The Labute approximate surface area is 106 Å². The van der Waals surface area contributed by atoms with Crippen LogP contribution in [0, 0.1) is 11.3 Å². The SMILES string of the molecule is CC(CC(NN)c1occc1Br)C(C)(C)C. The van der Waals surface area contributed by atoms with Crippen molar-refractivity contribution in [1.82, 2.24) is 5.43 Å². The van der Waals surface area contributed by atoms with Gasteiger partial charge in [0.15, 0.2) is 0 Å². The molecule has 1 rings (SSSR count). The van der Waals surface area contributed by atoms with Crippen LogP contribution in [0.15, 0.2) is 21.2 Å². The summed E-state index contributed by atoms with van der Waals surface area (Å²) in [4.78, 5) is 0. The molecule has 0 saturated heterocycles.